The smallest absolute Gasteiger partial charge is 0.132 e. The summed E-state index contributed by atoms with van der Waals surface area (Å²) in [6, 6.07) is 2.22. The topological polar surface area (TPSA) is 15.3 Å². The van der Waals surface area contributed by atoms with Crippen LogP contribution in [0.25, 0.3) is 0 Å². The SMILES string of the molecule is CCCC[C@@H](c1c(F)cc(Cl)cc1F)N1CCNCC1.Cl. The monoisotopic (exact) mass is 338 g/mol. The highest BCUT2D eigenvalue weighted by Crippen LogP contribution is 2.32. The quantitative estimate of drug-likeness (QED) is 0.866. The zero-order chi connectivity index (χ0) is 14.5. The van der Waals surface area contributed by atoms with Crippen LogP contribution in [0.3, 0.4) is 0 Å². The Kier molecular flexibility index (Phi) is 7.88. The molecule has 1 N–H and O–H groups in total. The van der Waals surface area contributed by atoms with E-state index in [1.165, 1.54) is 12.1 Å². The third-order valence-corrected chi connectivity index (χ3v) is 4.02. The number of nitrogens with zero attached hydrogens (tertiary/aromatic N) is 1. The molecule has 1 aromatic rings. The number of hydrogen-bond donors (Lipinski definition) is 1. The van der Waals surface area contributed by atoms with Gasteiger partial charge in [-0.05, 0) is 18.6 Å². The van der Waals surface area contributed by atoms with Crippen molar-refractivity contribution in [3.63, 3.8) is 0 Å². The Morgan fingerprint density at radius 3 is 2.33 bits per heavy atom. The lowest BCUT2D eigenvalue weighted by Crippen LogP contribution is -2.45. The number of hydrogen-bond acceptors (Lipinski definition) is 2. The maximum atomic E-state index is 14.2. The average Bonchev–Trinajstić information content (AvgIpc) is 2.42. The number of halogens is 4. The largest absolute Gasteiger partial charge is 0.314 e. The first kappa shape index (κ1) is 18.6. The van der Waals surface area contributed by atoms with Crippen LogP contribution < -0.4 is 5.32 Å². The predicted octanol–water partition coefficient (Wildman–Crippen LogP) is 4.18. The van der Waals surface area contributed by atoms with Crippen LogP contribution in [0.15, 0.2) is 12.1 Å². The van der Waals surface area contributed by atoms with Crippen LogP contribution in [0.1, 0.15) is 37.8 Å². The summed E-state index contributed by atoms with van der Waals surface area (Å²) in [6.07, 6.45) is 2.74. The van der Waals surface area contributed by atoms with Crippen molar-refractivity contribution in [2.45, 2.75) is 32.2 Å². The van der Waals surface area contributed by atoms with Crippen molar-refractivity contribution in [1.82, 2.24) is 10.2 Å². The van der Waals surface area contributed by atoms with Crippen LogP contribution in [-0.4, -0.2) is 31.1 Å². The molecule has 2 nitrogen and oxygen atoms in total. The van der Waals surface area contributed by atoms with E-state index in [1.807, 2.05) is 0 Å². The Bertz CT molecular complexity index is 428. The highest BCUT2D eigenvalue weighted by atomic mass is 35.5. The first-order chi connectivity index (χ1) is 9.63. The third-order valence-electron chi connectivity index (χ3n) is 3.80. The summed E-state index contributed by atoms with van der Waals surface area (Å²) in [5, 5.41) is 3.37. The van der Waals surface area contributed by atoms with E-state index in [-0.39, 0.29) is 29.0 Å². The van der Waals surface area contributed by atoms with Crippen LogP contribution in [0.4, 0.5) is 8.78 Å². The minimum Gasteiger partial charge on any atom is -0.314 e. The first-order valence-electron chi connectivity index (χ1n) is 7.22. The highest BCUT2D eigenvalue weighted by molar-refractivity contribution is 6.30. The molecule has 1 saturated heterocycles. The maximum absolute atomic E-state index is 14.2. The molecule has 0 aromatic heterocycles. The summed E-state index contributed by atoms with van der Waals surface area (Å²) in [6.45, 7) is 5.44. The van der Waals surface area contributed by atoms with Gasteiger partial charge in [-0.2, -0.15) is 0 Å². The fourth-order valence-electron chi connectivity index (χ4n) is 2.77. The number of benzene rings is 1. The summed E-state index contributed by atoms with van der Waals surface area (Å²) in [5.41, 5.74) is 0.171. The van der Waals surface area contributed by atoms with Gasteiger partial charge < -0.3 is 5.32 Å². The molecule has 0 unspecified atom stereocenters. The molecule has 6 heteroatoms. The van der Waals surface area contributed by atoms with Gasteiger partial charge >= 0.3 is 0 Å². The molecule has 1 aliphatic heterocycles. The molecule has 21 heavy (non-hydrogen) atoms. The number of piperazine rings is 1. The Morgan fingerprint density at radius 1 is 1.24 bits per heavy atom. The van der Waals surface area contributed by atoms with Crippen LogP contribution in [0.5, 0.6) is 0 Å². The highest BCUT2D eigenvalue weighted by Gasteiger charge is 2.27. The predicted molar refractivity (Wildman–Crippen MR) is 85.3 cm³/mol. The first-order valence-corrected chi connectivity index (χ1v) is 7.60. The van der Waals surface area contributed by atoms with Gasteiger partial charge in [0.2, 0.25) is 0 Å². The van der Waals surface area contributed by atoms with Gasteiger partial charge in [-0.3, -0.25) is 4.90 Å². The van der Waals surface area contributed by atoms with Gasteiger partial charge in [-0.1, -0.05) is 31.4 Å². The zero-order valence-corrected chi connectivity index (χ0v) is 13.7. The van der Waals surface area contributed by atoms with E-state index in [1.54, 1.807) is 0 Å². The standard InChI is InChI=1S/C15H21ClF2N2.ClH/c1-2-3-4-14(20-7-5-19-6-8-20)15-12(17)9-11(16)10-13(15)18;/h9-10,14,19H,2-8H2,1H3;1H/t14-;/m0./s1. The zero-order valence-electron chi connectivity index (χ0n) is 12.2. The summed E-state index contributed by atoms with van der Waals surface area (Å²) in [5.74, 6) is -1.07. The molecule has 1 aliphatic rings. The summed E-state index contributed by atoms with van der Waals surface area (Å²) < 4.78 is 28.4. The summed E-state index contributed by atoms with van der Waals surface area (Å²) in [7, 11) is 0. The van der Waals surface area contributed by atoms with Gasteiger partial charge in [0.05, 0.1) is 0 Å². The summed E-state index contributed by atoms with van der Waals surface area (Å²) >= 11 is 5.71. The fourth-order valence-corrected chi connectivity index (χ4v) is 2.96. The second-order valence-electron chi connectivity index (χ2n) is 5.23. The van der Waals surface area contributed by atoms with Crippen LogP contribution in [0.2, 0.25) is 5.02 Å². The molecule has 1 atom stereocenters. The van der Waals surface area contributed by atoms with Crippen LogP contribution in [0, 0.1) is 11.6 Å². The van der Waals surface area contributed by atoms with E-state index in [9.17, 15) is 8.78 Å². The van der Waals surface area contributed by atoms with Crippen molar-refractivity contribution < 1.29 is 8.78 Å². The minimum atomic E-state index is -0.533. The second kappa shape index (κ2) is 8.89. The average molecular weight is 339 g/mol. The van der Waals surface area contributed by atoms with E-state index in [0.29, 0.717) is 0 Å². The number of nitrogens with one attached hydrogen (secondary N) is 1. The Hall–Kier alpha value is -0.420. The molecule has 0 aliphatic carbocycles. The van der Waals surface area contributed by atoms with Gasteiger partial charge in [-0.25, -0.2) is 8.78 Å². The second-order valence-corrected chi connectivity index (χ2v) is 5.66. The van der Waals surface area contributed by atoms with Crippen LogP contribution in [-0.2, 0) is 0 Å². The molecule has 2 rings (SSSR count). The van der Waals surface area contributed by atoms with Crippen molar-refractivity contribution in [2.24, 2.45) is 0 Å². The Balaban J connectivity index is 0.00000220. The van der Waals surface area contributed by atoms with Gasteiger partial charge in [0.15, 0.2) is 0 Å². The maximum Gasteiger partial charge on any atom is 0.132 e. The van der Waals surface area contributed by atoms with E-state index in [2.05, 4.69) is 17.1 Å². The Labute approximate surface area is 136 Å². The van der Waals surface area contributed by atoms with Crippen molar-refractivity contribution >= 4 is 24.0 Å². The third kappa shape index (κ3) is 4.78. The lowest BCUT2D eigenvalue weighted by atomic mass is 9.97. The van der Waals surface area contributed by atoms with E-state index in [0.717, 1.165) is 45.4 Å². The van der Waals surface area contributed by atoms with Gasteiger partial charge in [-0.15, -0.1) is 12.4 Å². The molecule has 1 aromatic carbocycles. The van der Waals surface area contributed by atoms with Crippen molar-refractivity contribution in [2.75, 3.05) is 26.2 Å². The number of unbranched alkanes of at least 4 members (excludes halogenated alkanes) is 1. The van der Waals surface area contributed by atoms with Gasteiger partial charge in [0.1, 0.15) is 11.6 Å². The molecular formula is C15H22Cl2F2N2. The fraction of sp³-hybridized carbons (Fsp3) is 0.600. The molecule has 0 saturated carbocycles. The van der Waals surface area contributed by atoms with E-state index < -0.39 is 11.6 Å². The van der Waals surface area contributed by atoms with Crippen LogP contribution >= 0.6 is 24.0 Å². The number of rotatable bonds is 5. The molecule has 0 spiro atoms. The van der Waals surface area contributed by atoms with Crippen molar-refractivity contribution in [1.29, 1.82) is 0 Å². The normalized spacial score (nSPS) is 17.3. The molecular weight excluding hydrogens is 317 g/mol. The molecule has 0 amide bonds. The van der Waals surface area contributed by atoms with E-state index in [4.69, 9.17) is 11.6 Å². The van der Waals surface area contributed by atoms with Crippen molar-refractivity contribution in [3.05, 3.63) is 34.4 Å². The summed E-state index contributed by atoms with van der Waals surface area (Å²) in [4.78, 5) is 2.17. The molecule has 1 fully saturated rings. The lowest BCUT2D eigenvalue weighted by Gasteiger charge is -2.35. The lowest BCUT2D eigenvalue weighted by molar-refractivity contribution is 0.156. The van der Waals surface area contributed by atoms with Gasteiger partial charge in [0, 0.05) is 42.8 Å². The van der Waals surface area contributed by atoms with E-state index >= 15 is 0 Å². The minimum absolute atomic E-state index is 0. The molecule has 0 bridgehead atoms. The Morgan fingerprint density at radius 2 is 1.81 bits per heavy atom. The molecule has 120 valence electrons. The molecule has 1 heterocycles. The van der Waals surface area contributed by atoms with Gasteiger partial charge in [0.25, 0.3) is 0 Å². The molecule has 0 radical (unpaired) electrons. The van der Waals surface area contributed by atoms with Crippen molar-refractivity contribution in [3.8, 4) is 0 Å².